The van der Waals surface area contributed by atoms with Gasteiger partial charge in [0, 0.05) is 38.9 Å². The maximum Gasteiger partial charge on any atom is 0.158 e. The largest absolute Gasteiger partial charge is 0.396 e. The molecule has 1 saturated carbocycles. The molecule has 2 rings (SSSR count). The molecule has 0 amide bonds. The zero-order chi connectivity index (χ0) is 15.1. The van der Waals surface area contributed by atoms with Crippen LogP contribution in [-0.4, -0.2) is 47.9 Å². The van der Waals surface area contributed by atoms with Crippen LogP contribution in [0.2, 0.25) is 0 Å². The first-order chi connectivity index (χ1) is 10.3. The van der Waals surface area contributed by atoms with Crippen LogP contribution in [0.15, 0.2) is 6.07 Å². The Bertz CT molecular complexity index is 413. The summed E-state index contributed by atoms with van der Waals surface area (Å²) >= 11 is 0. The number of hydrogen-bond acceptors (Lipinski definition) is 6. The summed E-state index contributed by atoms with van der Waals surface area (Å²) in [7, 11) is 1.65. The Morgan fingerprint density at radius 2 is 2.24 bits per heavy atom. The van der Waals surface area contributed by atoms with Gasteiger partial charge in [-0.05, 0) is 32.6 Å². The molecular formula is C15H26N4O2. The molecule has 0 bridgehead atoms. The summed E-state index contributed by atoms with van der Waals surface area (Å²) < 4.78 is 5.17. The molecule has 0 spiro atoms. The number of methoxy groups -OCH3 is 1. The van der Waals surface area contributed by atoms with Gasteiger partial charge < -0.3 is 20.1 Å². The first-order valence-electron chi connectivity index (χ1n) is 7.76. The fourth-order valence-corrected chi connectivity index (χ4v) is 2.52. The zero-order valence-electron chi connectivity index (χ0n) is 13.0. The lowest BCUT2D eigenvalue weighted by Gasteiger charge is -2.38. The number of ether oxygens (including phenoxy) is 1. The van der Waals surface area contributed by atoms with Crippen molar-refractivity contribution in [2.45, 2.75) is 45.3 Å². The van der Waals surface area contributed by atoms with Crippen LogP contribution in [0.4, 0.5) is 11.6 Å². The van der Waals surface area contributed by atoms with Crippen LogP contribution in [0, 0.1) is 0 Å². The van der Waals surface area contributed by atoms with Crippen molar-refractivity contribution in [1.29, 1.82) is 0 Å². The first kappa shape index (κ1) is 16.0. The highest BCUT2D eigenvalue weighted by atomic mass is 16.5. The van der Waals surface area contributed by atoms with E-state index in [-0.39, 0.29) is 6.61 Å². The maximum atomic E-state index is 9.12. The second-order valence-electron chi connectivity index (χ2n) is 5.35. The second kappa shape index (κ2) is 8.14. The average Bonchev–Trinajstić information content (AvgIpc) is 2.41. The molecule has 6 nitrogen and oxygen atoms in total. The molecule has 0 atom stereocenters. The van der Waals surface area contributed by atoms with Crippen LogP contribution in [0.3, 0.4) is 0 Å². The highest BCUT2D eigenvalue weighted by molar-refractivity contribution is 5.50. The van der Waals surface area contributed by atoms with Crippen molar-refractivity contribution in [2.75, 3.05) is 37.0 Å². The SMILES string of the molecule is CCNc1cc(N(CCCO)C2CCC2)nc(COC)n1. The average molecular weight is 294 g/mol. The molecule has 1 aromatic rings. The van der Waals surface area contributed by atoms with E-state index in [0.29, 0.717) is 18.5 Å². The normalized spacial score (nSPS) is 14.8. The van der Waals surface area contributed by atoms with Crippen LogP contribution in [0.1, 0.15) is 38.4 Å². The number of nitrogens with one attached hydrogen (secondary N) is 1. The Hall–Kier alpha value is -1.40. The van der Waals surface area contributed by atoms with E-state index < -0.39 is 0 Å². The highest BCUT2D eigenvalue weighted by Gasteiger charge is 2.26. The number of nitrogens with zero attached hydrogens (tertiary/aromatic N) is 3. The minimum atomic E-state index is 0.208. The molecular weight excluding hydrogens is 268 g/mol. The van der Waals surface area contributed by atoms with E-state index in [4.69, 9.17) is 9.84 Å². The van der Waals surface area contributed by atoms with Crippen LogP contribution in [-0.2, 0) is 11.3 Å². The van der Waals surface area contributed by atoms with Crippen molar-refractivity contribution in [2.24, 2.45) is 0 Å². The first-order valence-corrected chi connectivity index (χ1v) is 7.76. The van der Waals surface area contributed by atoms with Gasteiger partial charge in [-0.2, -0.15) is 0 Å². The van der Waals surface area contributed by atoms with Gasteiger partial charge in [0.15, 0.2) is 5.82 Å². The monoisotopic (exact) mass is 294 g/mol. The summed E-state index contributed by atoms with van der Waals surface area (Å²) in [5.41, 5.74) is 0. The lowest BCUT2D eigenvalue weighted by atomic mass is 9.91. The van der Waals surface area contributed by atoms with Gasteiger partial charge in [0.1, 0.15) is 18.2 Å². The molecule has 1 aliphatic rings. The summed E-state index contributed by atoms with van der Waals surface area (Å²) in [6, 6.07) is 2.54. The van der Waals surface area contributed by atoms with Gasteiger partial charge in [-0.15, -0.1) is 0 Å². The third-order valence-corrected chi connectivity index (χ3v) is 3.76. The molecule has 0 aromatic carbocycles. The summed E-state index contributed by atoms with van der Waals surface area (Å²) in [6.07, 6.45) is 4.43. The molecule has 0 radical (unpaired) electrons. The molecule has 0 unspecified atom stereocenters. The number of aliphatic hydroxyl groups is 1. The van der Waals surface area contributed by atoms with Crippen LogP contribution in [0.25, 0.3) is 0 Å². The van der Waals surface area contributed by atoms with Crippen molar-refractivity contribution in [1.82, 2.24) is 9.97 Å². The summed E-state index contributed by atoms with van der Waals surface area (Å²) in [4.78, 5) is 11.4. The summed E-state index contributed by atoms with van der Waals surface area (Å²) in [5.74, 6) is 2.47. The lowest BCUT2D eigenvalue weighted by molar-refractivity contribution is 0.178. The molecule has 2 N–H and O–H groups in total. The van der Waals surface area contributed by atoms with E-state index in [1.54, 1.807) is 7.11 Å². The topological polar surface area (TPSA) is 70.5 Å². The highest BCUT2D eigenvalue weighted by Crippen LogP contribution is 2.29. The minimum absolute atomic E-state index is 0.208. The third kappa shape index (κ3) is 4.28. The number of hydrogen-bond donors (Lipinski definition) is 2. The quantitative estimate of drug-likeness (QED) is 0.723. The third-order valence-electron chi connectivity index (χ3n) is 3.76. The number of aliphatic hydroxyl groups excluding tert-OH is 1. The molecule has 1 aromatic heterocycles. The van der Waals surface area contributed by atoms with E-state index in [9.17, 15) is 0 Å². The van der Waals surface area contributed by atoms with E-state index in [1.807, 2.05) is 13.0 Å². The van der Waals surface area contributed by atoms with Crippen LogP contribution < -0.4 is 10.2 Å². The van der Waals surface area contributed by atoms with E-state index in [0.717, 1.165) is 31.1 Å². The van der Waals surface area contributed by atoms with E-state index >= 15 is 0 Å². The van der Waals surface area contributed by atoms with Crippen molar-refractivity contribution >= 4 is 11.6 Å². The maximum absolute atomic E-state index is 9.12. The Morgan fingerprint density at radius 3 is 2.81 bits per heavy atom. The van der Waals surface area contributed by atoms with Crippen LogP contribution >= 0.6 is 0 Å². The van der Waals surface area contributed by atoms with Gasteiger partial charge in [0.2, 0.25) is 0 Å². The predicted octanol–water partition coefficient (Wildman–Crippen LogP) is 1.80. The fraction of sp³-hybridized carbons (Fsp3) is 0.733. The number of anilines is 2. The predicted molar refractivity (Wildman–Crippen MR) is 83.6 cm³/mol. The molecule has 1 aliphatic carbocycles. The van der Waals surface area contributed by atoms with E-state index in [2.05, 4.69) is 20.2 Å². The number of rotatable bonds is 9. The van der Waals surface area contributed by atoms with Crippen molar-refractivity contribution in [3.8, 4) is 0 Å². The summed E-state index contributed by atoms with van der Waals surface area (Å²) in [6.45, 7) is 4.32. The second-order valence-corrected chi connectivity index (χ2v) is 5.35. The Morgan fingerprint density at radius 1 is 1.43 bits per heavy atom. The Balaban J connectivity index is 2.23. The molecule has 0 aliphatic heterocycles. The zero-order valence-corrected chi connectivity index (χ0v) is 13.0. The van der Waals surface area contributed by atoms with Gasteiger partial charge in [-0.3, -0.25) is 0 Å². The van der Waals surface area contributed by atoms with Gasteiger partial charge in [-0.1, -0.05) is 0 Å². The molecule has 6 heteroatoms. The van der Waals surface area contributed by atoms with Gasteiger partial charge in [0.05, 0.1) is 0 Å². The Labute approximate surface area is 126 Å². The minimum Gasteiger partial charge on any atom is -0.396 e. The lowest BCUT2D eigenvalue weighted by Crippen LogP contribution is -2.41. The summed E-state index contributed by atoms with van der Waals surface area (Å²) in [5, 5.41) is 12.4. The van der Waals surface area contributed by atoms with Gasteiger partial charge in [0.25, 0.3) is 0 Å². The molecule has 1 fully saturated rings. The van der Waals surface area contributed by atoms with Crippen molar-refractivity contribution < 1.29 is 9.84 Å². The van der Waals surface area contributed by atoms with Crippen molar-refractivity contribution in [3.63, 3.8) is 0 Å². The van der Waals surface area contributed by atoms with E-state index in [1.165, 1.54) is 19.3 Å². The smallest absolute Gasteiger partial charge is 0.158 e. The Kier molecular flexibility index (Phi) is 6.20. The van der Waals surface area contributed by atoms with Crippen LogP contribution in [0.5, 0.6) is 0 Å². The molecule has 1 heterocycles. The number of aromatic nitrogens is 2. The fourth-order valence-electron chi connectivity index (χ4n) is 2.52. The molecule has 118 valence electrons. The standard InChI is InChI=1S/C15H26N4O2/c1-3-16-13-10-15(18-14(17-13)11-21-2)19(8-5-9-20)12-6-4-7-12/h10,12,20H,3-9,11H2,1-2H3,(H,16,17,18). The van der Waals surface area contributed by atoms with Gasteiger partial charge >= 0.3 is 0 Å². The molecule has 0 saturated heterocycles. The molecule has 21 heavy (non-hydrogen) atoms. The van der Waals surface area contributed by atoms with Crippen molar-refractivity contribution in [3.05, 3.63) is 11.9 Å². The van der Waals surface area contributed by atoms with Gasteiger partial charge in [-0.25, -0.2) is 9.97 Å².